The number of carbonyl (C=O) groups is 3. The fraction of sp³-hybridized carbons (Fsp3) is 0.526. The Labute approximate surface area is 164 Å². The van der Waals surface area contributed by atoms with Crippen molar-refractivity contribution in [3.05, 3.63) is 29.3 Å². The van der Waals surface area contributed by atoms with Gasteiger partial charge in [-0.25, -0.2) is 4.79 Å². The second kappa shape index (κ2) is 7.22. The van der Waals surface area contributed by atoms with Crippen molar-refractivity contribution in [1.29, 1.82) is 0 Å². The van der Waals surface area contributed by atoms with Crippen molar-refractivity contribution in [2.45, 2.75) is 65.3 Å². The van der Waals surface area contributed by atoms with Crippen molar-refractivity contribution in [3.8, 4) is 0 Å². The van der Waals surface area contributed by atoms with E-state index in [2.05, 4.69) is 4.84 Å². The number of imide groups is 1. The standard InChI is InChI=1S/C19H24BNO7/c1-12-10-14(20-27-18(2,3)19(4,5)28-20)7-6-13(12)11-25-17(24)26-21-15(22)8-9-16(21)23/h6-7,10H,8-9,11H2,1-5H3. The van der Waals surface area contributed by atoms with Gasteiger partial charge in [0.1, 0.15) is 6.61 Å². The molecule has 0 aromatic heterocycles. The van der Waals surface area contributed by atoms with E-state index in [1.165, 1.54) is 0 Å². The Morgan fingerprint density at radius 3 is 2.21 bits per heavy atom. The molecule has 8 nitrogen and oxygen atoms in total. The zero-order chi connectivity index (χ0) is 20.7. The van der Waals surface area contributed by atoms with Gasteiger partial charge in [-0.2, -0.15) is 0 Å². The molecule has 0 aliphatic carbocycles. The van der Waals surface area contributed by atoms with Crippen LogP contribution >= 0.6 is 0 Å². The summed E-state index contributed by atoms with van der Waals surface area (Å²) in [5, 5.41) is 0.455. The van der Waals surface area contributed by atoms with Crippen molar-refractivity contribution in [3.63, 3.8) is 0 Å². The molecule has 0 saturated carbocycles. The highest BCUT2D eigenvalue weighted by atomic mass is 16.8. The van der Waals surface area contributed by atoms with E-state index in [0.29, 0.717) is 5.06 Å². The van der Waals surface area contributed by atoms with Gasteiger partial charge in [0.05, 0.1) is 11.2 Å². The molecular weight excluding hydrogens is 365 g/mol. The molecule has 1 aromatic carbocycles. The second-order valence-electron chi connectivity index (χ2n) is 7.99. The molecule has 2 amide bonds. The van der Waals surface area contributed by atoms with Crippen LogP contribution < -0.4 is 5.46 Å². The molecule has 0 atom stereocenters. The number of hydrogen-bond acceptors (Lipinski definition) is 7. The van der Waals surface area contributed by atoms with E-state index in [1.54, 1.807) is 0 Å². The molecule has 2 fully saturated rings. The maximum Gasteiger partial charge on any atom is 0.534 e. The zero-order valence-corrected chi connectivity index (χ0v) is 16.7. The van der Waals surface area contributed by atoms with Gasteiger partial charge < -0.3 is 14.0 Å². The van der Waals surface area contributed by atoms with E-state index in [4.69, 9.17) is 14.0 Å². The minimum atomic E-state index is -1.10. The van der Waals surface area contributed by atoms with Gasteiger partial charge in [-0.3, -0.25) is 14.4 Å². The first-order chi connectivity index (χ1) is 13.0. The average Bonchev–Trinajstić information content (AvgIpc) is 3.02. The molecule has 2 saturated heterocycles. The predicted molar refractivity (Wildman–Crippen MR) is 99.3 cm³/mol. The molecular formula is C19H24BNO7. The summed E-state index contributed by atoms with van der Waals surface area (Å²) in [6, 6.07) is 5.58. The molecule has 0 N–H and O–H groups in total. The van der Waals surface area contributed by atoms with Crippen LogP contribution in [0.3, 0.4) is 0 Å². The third-order valence-electron chi connectivity index (χ3n) is 5.41. The Balaban J connectivity index is 1.60. The first kappa shape index (κ1) is 20.4. The number of rotatable bonds is 4. The Kier molecular flexibility index (Phi) is 5.25. The number of aryl methyl sites for hydroxylation is 1. The molecule has 0 bridgehead atoms. The summed E-state index contributed by atoms with van der Waals surface area (Å²) in [7, 11) is -0.476. The number of benzene rings is 1. The van der Waals surface area contributed by atoms with Gasteiger partial charge in [0.2, 0.25) is 0 Å². The zero-order valence-electron chi connectivity index (χ0n) is 16.7. The molecule has 2 aliphatic rings. The number of nitrogens with zero attached hydrogens (tertiary/aromatic N) is 1. The lowest BCUT2D eigenvalue weighted by Gasteiger charge is -2.32. The number of hydroxylamine groups is 2. The van der Waals surface area contributed by atoms with E-state index in [1.807, 2.05) is 52.8 Å². The molecule has 28 heavy (non-hydrogen) atoms. The molecule has 1 aromatic rings. The normalized spacial score (nSPS) is 20.6. The van der Waals surface area contributed by atoms with Gasteiger partial charge in [0.15, 0.2) is 0 Å². The molecule has 0 spiro atoms. The minimum Gasteiger partial charge on any atom is -0.428 e. The van der Waals surface area contributed by atoms with E-state index < -0.39 is 36.3 Å². The Hall–Kier alpha value is -2.39. The summed E-state index contributed by atoms with van der Waals surface area (Å²) in [5.74, 6) is -1.10. The summed E-state index contributed by atoms with van der Waals surface area (Å²) in [5.41, 5.74) is 1.66. The van der Waals surface area contributed by atoms with Crippen LogP contribution in [0.5, 0.6) is 0 Å². The molecule has 0 radical (unpaired) electrons. The van der Waals surface area contributed by atoms with E-state index >= 15 is 0 Å². The monoisotopic (exact) mass is 389 g/mol. The van der Waals surface area contributed by atoms with Gasteiger partial charge in [-0.15, -0.1) is 0 Å². The third-order valence-corrected chi connectivity index (χ3v) is 5.41. The third kappa shape index (κ3) is 3.90. The van der Waals surface area contributed by atoms with Crippen molar-refractivity contribution in [2.75, 3.05) is 0 Å². The van der Waals surface area contributed by atoms with Crippen LogP contribution in [0.1, 0.15) is 51.7 Å². The molecule has 2 aliphatic heterocycles. The SMILES string of the molecule is Cc1cc(B2OC(C)(C)C(C)(C)O2)ccc1COC(=O)ON1C(=O)CCC1=O. The summed E-state index contributed by atoms with van der Waals surface area (Å²) in [4.78, 5) is 39.3. The Morgan fingerprint density at radius 2 is 1.68 bits per heavy atom. The number of amides is 2. The van der Waals surface area contributed by atoms with Crippen LogP contribution in [0.15, 0.2) is 18.2 Å². The number of hydrogen-bond donors (Lipinski definition) is 0. The van der Waals surface area contributed by atoms with Crippen LogP contribution in [-0.4, -0.2) is 41.4 Å². The second-order valence-corrected chi connectivity index (χ2v) is 7.99. The van der Waals surface area contributed by atoms with Crippen LogP contribution in [0.4, 0.5) is 4.79 Å². The Bertz CT molecular complexity index is 789. The topological polar surface area (TPSA) is 91.4 Å². The van der Waals surface area contributed by atoms with Crippen molar-refractivity contribution >= 4 is 30.6 Å². The van der Waals surface area contributed by atoms with Crippen molar-refractivity contribution < 1.29 is 33.3 Å². The molecule has 9 heteroatoms. The number of carbonyl (C=O) groups excluding carboxylic acids is 3. The first-order valence-corrected chi connectivity index (χ1v) is 9.16. The van der Waals surface area contributed by atoms with E-state index in [-0.39, 0.29) is 19.4 Å². The maximum atomic E-state index is 11.8. The van der Waals surface area contributed by atoms with Crippen LogP contribution in [0, 0.1) is 6.92 Å². The lowest BCUT2D eigenvalue weighted by molar-refractivity contribution is -0.177. The predicted octanol–water partition coefficient (Wildman–Crippen LogP) is 2.01. The van der Waals surface area contributed by atoms with E-state index in [9.17, 15) is 14.4 Å². The fourth-order valence-electron chi connectivity index (χ4n) is 2.90. The van der Waals surface area contributed by atoms with Crippen LogP contribution in [0.2, 0.25) is 0 Å². The largest absolute Gasteiger partial charge is 0.534 e. The molecule has 150 valence electrons. The highest BCUT2D eigenvalue weighted by Crippen LogP contribution is 2.36. The quantitative estimate of drug-likeness (QED) is 0.442. The van der Waals surface area contributed by atoms with Crippen LogP contribution in [-0.2, 0) is 35.1 Å². The summed E-state index contributed by atoms with van der Waals surface area (Å²) >= 11 is 0. The average molecular weight is 389 g/mol. The van der Waals surface area contributed by atoms with Gasteiger partial charge in [-0.1, -0.05) is 23.3 Å². The molecule has 2 heterocycles. The van der Waals surface area contributed by atoms with Gasteiger partial charge in [0, 0.05) is 12.8 Å². The first-order valence-electron chi connectivity index (χ1n) is 9.16. The number of ether oxygens (including phenoxy) is 1. The highest BCUT2D eigenvalue weighted by molar-refractivity contribution is 6.62. The minimum absolute atomic E-state index is 0.0333. The van der Waals surface area contributed by atoms with Gasteiger partial charge in [0.25, 0.3) is 11.8 Å². The van der Waals surface area contributed by atoms with Crippen molar-refractivity contribution in [1.82, 2.24) is 5.06 Å². The Morgan fingerprint density at radius 1 is 1.11 bits per heavy atom. The lowest BCUT2D eigenvalue weighted by atomic mass is 9.78. The van der Waals surface area contributed by atoms with E-state index in [0.717, 1.165) is 16.6 Å². The summed E-state index contributed by atoms with van der Waals surface area (Å²) < 4.78 is 17.1. The lowest BCUT2D eigenvalue weighted by Crippen LogP contribution is -2.41. The van der Waals surface area contributed by atoms with Crippen molar-refractivity contribution in [2.24, 2.45) is 0 Å². The summed E-state index contributed by atoms with van der Waals surface area (Å²) in [6.07, 6.45) is -1.03. The van der Waals surface area contributed by atoms with Gasteiger partial charge >= 0.3 is 13.3 Å². The smallest absolute Gasteiger partial charge is 0.428 e. The molecule has 0 unspecified atom stereocenters. The summed E-state index contributed by atoms with van der Waals surface area (Å²) in [6.45, 7) is 9.79. The highest BCUT2D eigenvalue weighted by Gasteiger charge is 2.51. The van der Waals surface area contributed by atoms with Gasteiger partial charge in [-0.05, 0) is 51.2 Å². The maximum absolute atomic E-state index is 11.8. The molecule has 3 rings (SSSR count). The fourth-order valence-corrected chi connectivity index (χ4v) is 2.90. The van der Waals surface area contributed by atoms with Crippen LogP contribution in [0.25, 0.3) is 0 Å².